The molecule has 0 saturated carbocycles. The summed E-state index contributed by atoms with van der Waals surface area (Å²) < 4.78 is 28.2. The summed E-state index contributed by atoms with van der Waals surface area (Å²) in [4.78, 5) is 17.3. The standard InChI is InChI=1S/C23H22FN5O3/c1-31-13-14-32-22-17(7-6-10-25-22)15-26-21(30)18-16-27-29(20-9-3-2-8-19(20)24)23(18)28-11-4-5-12-28/h2-12,16H,13-15H2,1H3,(H,26,30). The maximum absolute atomic E-state index is 14.4. The van der Waals surface area contributed by atoms with Gasteiger partial charge in [-0.05, 0) is 30.3 Å². The van der Waals surface area contributed by atoms with Crippen molar-refractivity contribution in [1.29, 1.82) is 0 Å². The Morgan fingerprint density at radius 2 is 1.91 bits per heavy atom. The zero-order valence-electron chi connectivity index (χ0n) is 17.4. The molecule has 0 bridgehead atoms. The molecule has 3 aromatic heterocycles. The van der Waals surface area contributed by atoms with Gasteiger partial charge in [-0.25, -0.2) is 14.1 Å². The van der Waals surface area contributed by atoms with E-state index in [9.17, 15) is 9.18 Å². The number of hydrogen-bond donors (Lipinski definition) is 1. The number of aromatic nitrogens is 4. The van der Waals surface area contributed by atoms with Crippen LogP contribution >= 0.6 is 0 Å². The molecule has 164 valence electrons. The van der Waals surface area contributed by atoms with Crippen molar-refractivity contribution in [3.05, 3.63) is 90.3 Å². The van der Waals surface area contributed by atoms with Gasteiger partial charge in [-0.15, -0.1) is 0 Å². The lowest BCUT2D eigenvalue weighted by atomic mass is 10.2. The maximum atomic E-state index is 14.4. The number of benzene rings is 1. The number of nitrogens with zero attached hydrogens (tertiary/aromatic N) is 4. The topological polar surface area (TPSA) is 83.2 Å². The maximum Gasteiger partial charge on any atom is 0.256 e. The lowest BCUT2D eigenvalue weighted by Gasteiger charge is -2.13. The zero-order valence-corrected chi connectivity index (χ0v) is 17.4. The van der Waals surface area contributed by atoms with E-state index in [0.29, 0.717) is 30.5 Å². The van der Waals surface area contributed by atoms with Crippen LogP contribution in [0.2, 0.25) is 0 Å². The lowest BCUT2D eigenvalue weighted by molar-refractivity contribution is 0.0950. The number of para-hydroxylation sites is 1. The number of amides is 1. The average Bonchev–Trinajstić information content (AvgIpc) is 3.48. The third-order valence-corrected chi connectivity index (χ3v) is 4.73. The smallest absolute Gasteiger partial charge is 0.256 e. The van der Waals surface area contributed by atoms with Crippen LogP contribution in [-0.2, 0) is 11.3 Å². The highest BCUT2D eigenvalue weighted by Crippen LogP contribution is 2.22. The van der Waals surface area contributed by atoms with E-state index >= 15 is 0 Å². The van der Waals surface area contributed by atoms with Gasteiger partial charge >= 0.3 is 0 Å². The SMILES string of the molecule is COCCOc1ncccc1CNC(=O)c1cnn(-c2ccccc2F)c1-n1cccc1. The van der Waals surface area contributed by atoms with Crippen molar-refractivity contribution in [2.24, 2.45) is 0 Å². The first-order valence-electron chi connectivity index (χ1n) is 9.99. The van der Waals surface area contributed by atoms with Gasteiger partial charge in [0.05, 0.1) is 12.8 Å². The van der Waals surface area contributed by atoms with Gasteiger partial charge < -0.3 is 19.4 Å². The third kappa shape index (κ3) is 4.52. The first-order valence-corrected chi connectivity index (χ1v) is 9.99. The van der Waals surface area contributed by atoms with Crippen molar-refractivity contribution >= 4 is 5.91 Å². The minimum absolute atomic E-state index is 0.199. The number of methoxy groups -OCH3 is 1. The summed E-state index contributed by atoms with van der Waals surface area (Å²) in [6.45, 7) is 0.977. The van der Waals surface area contributed by atoms with Gasteiger partial charge in [0.2, 0.25) is 5.88 Å². The fraction of sp³-hybridized carbons (Fsp3) is 0.174. The Balaban J connectivity index is 1.60. The van der Waals surface area contributed by atoms with Crippen LogP contribution in [0.15, 0.2) is 73.3 Å². The molecule has 0 spiro atoms. The van der Waals surface area contributed by atoms with Crippen molar-refractivity contribution in [1.82, 2.24) is 24.6 Å². The number of nitrogens with one attached hydrogen (secondary N) is 1. The van der Waals surface area contributed by atoms with E-state index in [1.165, 1.54) is 16.9 Å². The molecule has 0 saturated heterocycles. The van der Waals surface area contributed by atoms with Gasteiger partial charge in [0.25, 0.3) is 5.91 Å². The first-order chi connectivity index (χ1) is 15.7. The van der Waals surface area contributed by atoms with Crippen LogP contribution in [0.4, 0.5) is 4.39 Å². The molecule has 0 aliphatic heterocycles. The quantitative estimate of drug-likeness (QED) is 0.409. The highest BCUT2D eigenvalue weighted by Gasteiger charge is 2.21. The molecule has 0 unspecified atom stereocenters. The van der Waals surface area contributed by atoms with Gasteiger partial charge in [0, 0.05) is 37.8 Å². The fourth-order valence-electron chi connectivity index (χ4n) is 3.21. The minimum Gasteiger partial charge on any atom is -0.475 e. The molecule has 0 fully saturated rings. The summed E-state index contributed by atoms with van der Waals surface area (Å²) in [6, 6.07) is 13.5. The average molecular weight is 435 g/mol. The molecule has 1 amide bonds. The number of carbonyl (C=O) groups is 1. The predicted molar refractivity (Wildman–Crippen MR) is 116 cm³/mol. The zero-order chi connectivity index (χ0) is 22.3. The highest BCUT2D eigenvalue weighted by atomic mass is 19.1. The van der Waals surface area contributed by atoms with Crippen molar-refractivity contribution in [2.45, 2.75) is 6.54 Å². The molecule has 0 aliphatic carbocycles. The number of ether oxygens (including phenoxy) is 2. The Morgan fingerprint density at radius 3 is 2.69 bits per heavy atom. The van der Waals surface area contributed by atoms with E-state index in [1.807, 2.05) is 18.2 Å². The molecule has 0 radical (unpaired) electrons. The molecule has 4 aromatic rings. The lowest BCUT2D eigenvalue weighted by Crippen LogP contribution is -2.24. The Labute approximate surface area is 184 Å². The Kier molecular flexibility index (Phi) is 6.57. The van der Waals surface area contributed by atoms with Crippen LogP contribution in [0.25, 0.3) is 11.5 Å². The van der Waals surface area contributed by atoms with Crippen LogP contribution in [0, 0.1) is 5.82 Å². The summed E-state index contributed by atoms with van der Waals surface area (Å²) >= 11 is 0. The Morgan fingerprint density at radius 1 is 1.09 bits per heavy atom. The number of rotatable bonds is 9. The molecule has 0 aliphatic rings. The number of halogens is 1. The molecule has 1 aromatic carbocycles. The summed E-state index contributed by atoms with van der Waals surface area (Å²) in [5.74, 6) is 0.0602. The Bertz CT molecular complexity index is 1190. The van der Waals surface area contributed by atoms with Gasteiger partial charge in [-0.3, -0.25) is 4.79 Å². The van der Waals surface area contributed by atoms with Gasteiger partial charge in [-0.2, -0.15) is 5.10 Å². The number of pyridine rings is 1. The van der Waals surface area contributed by atoms with Crippen LogP contribution < -0.4 is 10.1 Å². The van der Waals surface area contributed by atoms with Crippen molar-refractivity contribution < 1.29 is 18.7 Å². The first kappa shape index (κ1) is 21.3. The van der Waals surface area contributed by atoms with Crippen LogP contribution in [0.3, 0.4) is 0 Å². The van der Waals surface area contributed by atoms with E-state index < -0.39 is 5.82 Å². The van der Waals surface area contributed by atoms with Gasteiger partial charge in [-0.1, -0.05) is 18.2 Å². The number of carbonyl (C=O) groups excluding carboxylic acids is 1. The van der Waals surface area contributed by atoms with E-state index in [-0.39, 0.29) is 18.1 Å². The van der Waals surface area contributed by atoms with Gasteiger partial charge in [0.15, 0.2) is 5.82 Å². The second-order valence-corrected chi connectivity index (χ2v) is 6.83. The minimum atomic E-state index is -0.441. The fourth-order valence-corrected chi connectivity index (χ4v) is 3.21. The molecule has 32 heavy (non-hydrogen) atoms. The van der Waals surface area contributed by atoms with E-state index in [0.717, 1.165) is 5.56 Å². The second kappa shape index (κ2) is 9.88. The monoisotopic (exact) mass is 435 g/mol. The largest absolute Gasteiger partial charge is 0.475 e. The van der Waals surface area contributed by atoms with Crippen LogP contribution in [0.5, 0.6) is 5.88 Å². The normalized spacial score (nSPS) is 10.8. The predicted octanol–water partition coefficient (Wildman–Crippen LogP) is 3.15. The third-order valence-electron chi connectivity index (χ3n) is 4.73. The molecule has 3 heterocycles. The summed E-state index contributed by atoms with van der Waals surface area (Å²) in [5, 5.41) is 7.17. The van der Waals surface area contributed by atoms with Crippen molar-refractivity contribution in [3.63, 3.8) is 0 Å². The van der Waals surface area contributed by atoms with E-state index in [2.05, 4.69) is 15.4 Å². The van der Waals surface area contributed by atoms with Crippen LogP contribution in [0.1, 0.15) is 15.9 Å². The molecule has 0 atom stereocenters. The molecular weight excluding hydrogens is 413 g/mol. The molecular formula is C23H22FN5O3. The summed E-state index contributed by atoms with van der Waals surface area (Å²) in [7, 11) is 1.59. The van der Waals surface area contributed by atoms with E-state index in [4.69, 9.17) is 9.47 Å². The van der Waals surface area contributed by atoms with Crippen LogP contribution in [-0.4, -0.2) is 45.6 Å². The van der Waals surface area contributed by atoms with Crippen molar-refractivity contribution in [3.8, 4) is 17.4 Å². The molecule has 4 rings (SSSR count). The summed E-state index contributed by atoms with van der Waals surface area (Å²) in [6.07, 6.45) is 6.59. The number of hydrogen-bond acceptors (Lipinski definition) is 5. The highest BCUT2D eigenvalue weighted by molar-refractivity contribution is 5.97. The Hall–Kier alpha value is -3.98. The molecule has 1 N–H and O–H groups in total. The summed E-state index contributed by atoms with van der Waals surface area (Å²) in [5.41, 5.74) is 1.27. The van der Waals surface area contributed by atoms with Crippen molar-refractivity contribution in [2.75, 3.05) is 20.3 Å². The molecule has 9 heteroatoms. The molecule has 8 nitrogen and oxygen atoms in total. The second-order valence-electron chi connectivity index (χ2n) is 6.83. The van der Waals surface area contributed by atoms with Gasteiger partial charge in [0.1, 0.15) is 23.7 Å². The van der Waals surface area contributed by atoms with E-state index in [1.54, 1.807) is 54.5 Å².